The summed E-state index contributed by atoms with van der Waals surface area (Å²) in [6, 6.07) is 0. The molecule has 0 saturated heterocycles. The lowest BCUT2D eigenvalue weighted by atomic mass is 9.44. The molecule has 0 aromatic heterocycles. The summed E-state index contributed by atoms with van der Waals surface area (Å²) in [4.78, 5) is 0. The predicted octanol–water partition coefficient (Wildman–Crippen LogP) is 3.99. The fraction of sp³-hybridized carbons (Fsp3) is 1.00. The topological polar surface area (TPSA) is 58.9 Å². The Hall–Kier alpha value is -0.160. The molecule has 0 aromatic rings. The van der Waals surface area contributed by atoms with Gasteiger partial charge in [-0.3, -0.25) is 0 Å². The van der Waals surface area contributed by atoms with Gasteiger partial charge in [0.2, 0.25) is 0 Å². The lowest BCUT2D eigenvalue weighted by Gasteiger charge is -2.61. The second kappa shape index (κ2) is 7.27. The first-order chi connectivity index (χ1) is 12.8. The molecule has 0 spiro atoms. The summed E-state index contributed by atoms with van der Waals surface area (Å²) in [5.41, 5.74) is 0.587. The molecule has 0 aliphatic heterocycles. The fourth-order valence-electron chi connectivity index (χ4n) is 8.41. The molecule has 10 atom stereocenters. The van der Waals surface area contributed by atoms with Crippen LogP contribution in [0.1, 0.15) is 72.1 Å². The molecule has 4 nitrogen and oxygen atoms in total. The van der Waals surface area contributed by atoms with Crippen molar-refractivity contribution in [2.45, 2.75) is 90.4 Å². The number of ether oxygens (including phenoxy) is 2. The molecule has 0 unspecified atom stereocenters. The van der Waals surface area contributed by atoms with Crippen LogP contribution in [0.25, 0.3) is 0 Å². The Balaban J connectivity index is 1.56. The third-order valence-corrected chi connectivity index (χ3v) is 9.72. The van der Waals surface area contributed by atoms with E-state index in [0.29, 0.717) is 17.3 Å². The maximum absolute atomic E-state index is 10.6. The molecule has 4 aliphatic carbocycles. The Morgan fingerprint density at radius 3 is 2.48 bits per heavy atom. The van der Waals surface area contributed by atoms with Gasteiger partial charge in [-0.1, -0.05) is 13.8 Å². The molecule has 4 rings (SSSR count). The van der Waals surface area contributed by atoms with Crippen LogP contribution < -0.4 is 0 Å². The van der Waals surface area contributed by atoms with Gasteiger partial charge in [-0.25, -0.2) is 0 Å². The molecular formula is C23H40O4. The number of hydrogen-bond acceptors (Lipinski definition) is 4. The number of methoxy groups -OCH3 is 1. The van der Waals surface area contributed by atoms with Gasteiger partial charge in [0.15, 0.2) is 0 Å². The van der Waals surface area contributed by atoms with Gasteiger partial charge in [-0.2, -0.15) is 0 Å². The Labute approximate surface area is 165 Å². The minimum atomic E-state index is -0.352. The quantitative estimate of drug-likeness (QED) is 0.724. The highest BCUT2D eigenvalue weighted by atomic mass is 16.7. The van der Waals surface area contributed by atoms with Crippen molar-refractivity contribution in [1.82, 2.24) is 0 Å². The van der Waals surface area contributed by atoms with Crippen molar-refractivity contribution in [3.63, 3.8) is 0 Å². The van der Waals surface area contributed by atoms with Gasteiger partial charge in [0.05, 0.1) is 18.3 Å². The molecule has 27 heavy (non-hydrogen) atoms. The van der Waals surface area contributed by atoms with E-state index in [9.17, 15) is 10.2 Å². The third-order valence-electron chi connectivity index (χ3n) is 9.72. The van der Waals surface area contributed by atoms with E-state index < -0.39 is 0 Å². The molecule has 4 aliphatic rings. The van der Waals surface area contributed by atoms with E-state index in [-0.39, 0.29) is 30.5 Å². The molecule has 0 aromatic carbocycles. The zero-order valence-corrected chi connectivity index (χ0v) is 17.7. The Kier molecular flexibility index (Phi) is 5.42. The molecule has 0 bridgehead atoms. The van der Waals surface area contributed by atoms with Crippen LogP contribution in [-0.4, -0.2) is 42.4 Å². The summed E-state index contributed by atoms with van der Waals surface area (Å²) in [5.74, 6) is 3.38. The lowest BCUT2D eigenvalue weighted by molar-refractivity contribution is -0.193. The standard InChI is InChI=1S/C23H40O4/c1-14(24)17-7-8-18-16-6-5-15-11-20(25)21(27-13-26-4)12-23(15,3)19(16)9-10-22(17,18)2/h14-21,24-25H,5-13H2,1-4H3/t14-,15-,16-,17+,18-,19-,20-,21+,22+,23-/m0/s1. The second-order valence-corrected chi connectivity index (χ2v) is 10.7. The average molecular weight is 381 g/mol. The van der Waals surface area contributed by atoms with E-state index in [2.05, 4.69) is 13.8 Å². The number of aliphatic hydroxyl groups excluding tert-OH is 2. The Morgan fingerprint density at radius 1 is 1.04 bits per heavy atom. The molecule has 4 fully saturated rings. The number of rotatable bonds is 4. The van der Waals surface area contributed by atoms with E-state index in [1.807, 2.05) is 6.92 Å². The maximum atomic E-state index is 10.6. The first-order valence-corrected chi connectivity index (χ1v) is 11.3. The van der Waals surface area contributed by atoms with Crippen LogP contribution in [0.2, 0.25) is 0 Å². The smallest absolute Gasteiger partial charge is 0.146 e. The van der Waals surface area contributed by atoms with Crippen molar-refractivity contribution >= 4 is 0 Å². The first-order valence-electron chi connectivity index (χ1n) is 11.3. The van der Waals surface area contributed by atoms with E-state index in [4.69, 9.17) is 9.47 Å². The van der Waals surface area contributed by atoms with Gasteiger partial charge in [-0.05, 0) is 98.7 Å². The highest BCUT2D eigenvalue weighted by molar-refractivity contribution is 5.10. The second-order valence-electron chi connectivity index (χ2n) is 10.7. The van der Waals surface area contributed by atoms with Gasteiger partial charge >= 0.3 is 0 Å². The summed E-state index contributed by atoms with van der Waals surface area (Å²) in [7, 11) is 1.65. The van der Waals surface area contributed by atoms with Crippen LogP contribution in [0.5, 0.6) is 0 Å². The zero-order chi connectivity index (χ0) is 19.4. The van der Waals surface area contributed by atoms with Crippen LogP contribution in [-0.2, 0) is 9.47 Å². The average Bonchev–Trinajstić information content (AvgIpc) is 2.98. The van der Waals surface area contributed by atoms with Crippen LogP contribution >= 0.6 is 0 Å². The largest absolute Gasteiger partial charge is 0.393 e. The highest BCUT2D eigenvalue weighted by Gasteiger charge is 2.61. The van der Waals surface area contributed by atoms with Crippen molar-refractivity contribution in [2.24, 2.45) is 40.4 Å². The van der Waals surface area contributed by atoms with Gasteiger partial charge in [0, 0.05) is 7.11 Å². The summed E-state index contributed by atoms with van der Waals surface area (Å²) < 4.78 is 11.0. The van der Waals surface area contributed by atoms with Gasteiger partial charge in [-0.15, -0.1) is 0 Å². The normalized spacial score (nSPS) is 53.3. The first kappa shape index (κ1) is 20.1. The Bertz CT molecular complexity index is 536. The summed E-state index contributed by atoms with van der Waals surface area (Å²) in [6.45, 7) is 7.24. The van der Waals surface area contributed by atoms with Crippen LogP contribution in [0.4, 0.5) is 0 Å². The lowest BCUT2D eigenvalue weighted by Crippen LogP contribution is -2.57. The van der Waals surface area contributed by atoms with Gasteiger partial charge in [0.1, 0.15) is 6.79 Å². The molecule has 4 heteroatoms. The van der Waals surface area contributed by atoms with Crippen molar-refractivity contribution in [3.05, 3.63) is 0 Å². The van der Waals surface area contributed by atoms with Gasteiger partial charge < -0.3 is 19.7 Å². The van der Waals surface area contributed by atoms with Crippen LogP contribution in [0.15, 0.2) is 0 Å². The van der Waals surface area contributed by atoms with Crippen molar-refractivity contribution < 1.29 is 19.7 Å². The number of aliphatic hydroxyl groups is 2. The fourth-order valence-corrected chi connectivity index (χ4v) is 8.41. The van der Waals surface area contributed by atoms with E-state index in [0.717, 1.165) is 30.6 Å². The highest BCUT2D eigenvalue weighted by Crippen LogP contribution is 2.67. The number of hydrogen-bond donors (Lipinski definition) is 2. The van der Waals surface area contributed by atoms with Crippen molar-refractivity contribution in [2.75, 3.05) is 13.9 Å². The molecule has 4 saturated carbocycles. The monoisotopic (exact) mass is 380 g/mol. The predicted molar refractivity (Wildman–Crippen MR) is 105 cm³/mol. The molecule has 0 radical (unpaired) electrons. The molecule has 0 amide bonds. The van der Waals surface area contributed by atoms with E-state index in [1.165, 1.54) is 38.5 Å². The molecule has 2 N–H and O–H groups in total. The minimum absolute atomic E-state index is 0.0907. The maximum Gasteiger partial charge on any atom is 0.146 e. The third kappa shape index (κ3) is 3.10. The molecule has 156 valence electrons. The van der Waals surface area contributed by atoms with E-state index >= 15 is 0 Å². The zero-order valence-electron chi connectivity index (χ0n) is 17.7. The Morgan fingerprint density at radius 2 is 1.78 bits per heavy atom. The summed E-state index contributed by atoms with van der Waals surface area (Å²) >= 11 is 0. The minimum Gasteiger partial charge on any atom is -0.393 e. The van der Waals surface area contributed by atoms with Gasteiger partial charge in [0.25, 0.3) is 0 Å². The SMILES string of the molecule is COCO[C@@H]1C[C@@]2(C)[C@@H](CC[C@@H]3[C@@H]2CC[C@]2(C)[C@@H]([C@H](C)O)CC[C@@H]32)C[C@@H]1O. The molecule has 0 heterocycles. The summed E-state index contributed by atoms with van der Waals surface area (Å²) in [6.07, 6.45) is 8.80. The number of fused-ring (bicyclic) bond motifs is 5. The van der Waals surface area contributed by atoms with Crippen LogP contribution in [0, 0.1) is 40.4 Å². The van der Waals surface area contributed by atoms with Crippen molar-refractivity contribution in [1.29, 1.82) is 0 Å². The molecular weight excluding hydrogens is 340 g/mol. The van der Waals surface area contributed by atoms with Crippen molar-refractivity contribution in [3.8, 4) is 0 Å². The van der Waals surface area contributed by atoms with Crippen LogP contribution in [0.3, 0.4) is 0 Å². The summed E-state index contributed by atoms with van der Waals surface area (Å²) in [5, 5.41) is 21.0. The van der Waals surface area contributed by atoms with E-state index in [1.54, 1.807) is 7.11 Å².